The third kappa shape index (κ3) is 5.01. The Morgan fingerprint density at radius 1 is 0.463 bits per heavy atom. The van der Waals surface area contributed by atoms with Gasteiger partial charge in [0.25, 0.3) is 0 Å². The summed E-state index contributed by atoms with van der Waals surface area (Å²) in [6.45, 7) is 0. The molecule has 11 rings (SSSR count). The molecule has 0 radical (unpaired) electrons. The lowest BCUT2D eigenvalue weighted by atomic mass is 10.0. The monoisotopic (exact) mass is 692 g/mol. The zero-order chi connectivity index (χ0) is 35.6. The zero-order valence-corrected chi connectivity index (χ0v) is 29.1. The summed E-state index contributed by atoms with van der Waals surface area (Å²) >= 11 is 0. The molecule has 10 aromatic rings. The van der Waals surface area contributed by atoms with Crippen LogP contribution in [0.1, 0.15) is 22.9 Å². The fraction of sp³-hybridized carbons (Fsp3) is 0.0204. The first-order valence-corrected chi connectivity index (χ1v) is 18.3. The number of para-hydroxylation sites is 2. The number of fused-ring (bicyclic) bond motifs is 7. The highest BCUT2D eigenvalue weighted by atomic mass is 16.3. The van der Waals surface area contributed by atoms with Crippen molar-refractivity contribution >= 4 is 66.2 Å². The van der Waals surface area contributed by atoms with Crippen LogP contribution in [0.25, 0.3) is 71.3 Å². The van der Waals surface area contributed by atoms with Crippen LogP contribution in [0.5, 0.6) is 0 Å². The van der Waals surface area contributed by atoms with Crippen LogP contribution >= 0.6 is 0 Å². The fourth-order valence-electron chi connectivity index (χ4n) is 7.95. The van der Waals surface area contributed by atoms with Gasteiger partial charge < -0.3 is 14.3 Å². The summed E-state index contributed by atoms with van der Waals surface area (Å²) in [5.41, 5.74) is 10.5. The smallest absolute Gasteiger partial charge is 0.159 e. The lowest BCUT2D eigenvalue weighted by molar-refractivity contribution is 0.667. The highest BCUT2D eigenvalue weighted by Gasteiger charge is 2.22. The van der Waals surface area contributed by atoms with E-state index in [1.54, 1.807) is 0 Å². The third-order valence-electron chi connectivity index (χ3n) is 10.7. The summed E-state index contributed by atoms with van der Waals surface area (Å²) in [7, 11) is 0. The van der Waals surface area contributed by atoms with Crippen molar-refractivity contribution in [1.82, 2.24) is 9.88 Å². The summed E-state index contributed by atoms with van der Waals surface area (Å²) in [6, 6.07) is 64.1. The summed E-state index contributed by atoms with van der Waals surface area (Å²) < 4.78 is 8.60. The molecule has 0 spiro atoms. The van der Waals surface area contributed by atoms with Gasteiger partial charge in [0.2, 0.25) is 0 Å². The van der Waals surface area contributed by atoms with E-state index in [-0.39, 0.29) is 6.17 Å². The first-order chi connectivity index (χ1) is 26.7. The van der Waals surface area contributed by atoms with Gasteiger partial charge in [0, 0.05) is 38.4 Å². The molecule has 0 bridgehead atoms. The van der Waals surface area contributed by atoms with Gasteiger partial charge in [-0.25, -0.2) is 9.98 Å². The normalized spacial score (nSPS) is 14.5. The Labute approximate surface area is 311 Å². The van der Waals surface area contributed by atoms with Crippen LogP contribution in [0.4, 0.5) is 0 Å². The van der Waals surface area contributed by atoms with Crippen molar-refractivity contribution in [2.75, 3.05) is 0 Å². The largest absolute Gasteiger partial charge is 0.456 e. The highest BCUT2D eigenvalue weighted by Crippen LogP contribution is 2.36. The lowest BCUT2D eigenvalue weighted by Crippen LogP contribution is -2.33. The Bertz CT molecular complexity index is 3110. The SMILES string of the molecule is c1ccc(C2=NC(c3ccc4c(c3)oc3ccccc34)=NC(c3ccc(-c4ccc(-n5c6ccccc6c6cc7ccccc7cc65)cc4)cc3)N2)cc1. The van der Waals surface area contributed by atoms with Crippen molar-refractivity contribution in [2.24, 2.45) is 9.98 Å². The molecule has 5 nitrogen and oxygen atoms in total. The van der Waals surface area contributed by atoms with Crippen molar-refractivity contribution in [1.29, 1.82) is 0 Å². The Morgan fingerprint density at radius 3 is 1.93 bits per heavy atom. The molecule has 1 aliphatic rings. The van der Waals surface area contributed by atoms with E-state index in [4.69, 9.17) is 14.4 Å². The topological polar surface area (TPSA) is 54.8 Å². The molecule has 1 aliphatic heterocycles. The number of aliphatic imine (C=N–C) groups is 2. The van der Waals surface area contributed by atoms with Crippen LogP contribution in [0.3, 0.4) is 0 Å². The molecule has 1 unspecified atom stereocenters. The average Bonchev–Trinajstić information content (AvgIpc) is 3.78. The number of aromatic nitrogens is 1. The van der Waals surface area contributed by atoms with Gasteiger partial charge in [0.1, 0.15) is 23.2 Å². The van der Waals surface area contributed by atoms with Crippen LogP contribution in [-0.2, 0) is 0 Å². The molecule has 1 N–H and O–H groups in total. The lowest BCUT2D eigenvalue weighted by Gasteiger charge is -2.24. The van der Waals surface area contributed by atoms with E-state index in [9.17, 15) is 0 Å². The minimum absolute atomic E-state index is 0.318. The second kappa shape index (κ2) is 12.2. The van der Waals surface area contributed by atoms with Crippen molar-refractivity contribution in [3.63, 3.8) is 0 Å². The second-order valence-corrected chi connectivity index (χ2v) is 13.9. The number of hydrogen-bond donors (Lipinski definition) is 1. The van der Waals surface area contributed by atoms with Gasteiger partial charge in [0.05, 0.1) is 11.0 Å². The number of rotatable bonds is 5. The predicted octanol–water partition coefficient (Wildman–Crippen LogP) is 12.0. The van der Waals surface area contributed by atoms with E-state index < -0.39 is 0 Å². The molecule has 8 aromatic carbocycles. The maximum Gasteiger partial charge on any atom is 0.159 e. The number of nitrogens with one attached hydrogen (secondary N) is 1. The van der Waals surface area contributed by atoms with Gasteiger partial charge in [-0.2, -0.15) is 0 Å². The van der Waals surface area contributed by atoms with E-state index in [0.717, 1.165) is 61.3 Å². The molecule has 0 fully saturated rings. The number of furan rings is 1. The van der Waals surface area contributed by atoms with E-state index in [2.05, 4.69) is 155 Å². The Morgan fingerprint density at radius 2 is 1.11 bits per heavy atom. The molecule has 0 amide bonds. The van der Waals surface area contributed by atoms with E-state index in [0.29, 0.717) is 5.84 Å². The molecule has 5 heteroatoms. The predicted molar refractivity (Wildman–Crippen MR) is 223 cm³/mol. The van der Waals surface area contributed by atoms with Gasteiger partial charge in [-0.3, -0.25) is 0 Å². The van der Waals surface area contributed by atoms with E-state index in [1.807, 2.05) is 36.4 Å². The highest BCUT2D eigenvalue weighted by molar-refractivity contribution is 6.15. The standard InChI is InChI=1S/C49H32N4O/c1-2-10-33(11-3-1)47-50-48(52-49(51-47)37-24-27-41-40-15-7-9-17-45(40)54-46(41)30-37)34-20-18-31(19-21-34)32-22-25-38(26-23-32)53-43-16-8-6-14-39(43)42-28-35-12-4-5-13-36(35)29-44(42)53/h1-30,48H,(H,50,51,52). The van der Waals surface area contributed by atoms with Crippen molar-refractivity contribution in [3.05, 3.63) is 199 Å². The quantitative estimate of drug-likeness (QED) is 0.195. The third-order valence-corrected chi connectivity index (χ3v) is 10.7. The van der Waals surface area contributed by atoms with E-state index in [1.165, 1.54) is 32.6 Å². The summed E-state index contributed by atoms with van der Waals surface area (Å²) in [4.78, 5) is 10.2. The summed E-state index contributed by atoms with van der Waals surface area (Å²) in [5, 5.41) is 10.8. The van der Waals surface area contributed by atoms with Crippen molar-refractivity contribution in [3.8, 4) is 16.8 Å². The average molecular weight is 693 g/mol. The molecule has 2 aromatic heterocycles. The van der Waals surface area contributed by atoms with E-state index >= 15 is 0 Å². The fourth-order valence-corrected chi connectivity index (χ4v) is 7.95. The first kappa shape index (κ1) is 30.4. The van der Waals surface area contributed by atoms with Crippen LogP contribution < -0.4 is 5.32 Å². The van der Waals surface area contributed by atoms with Crippen LogP contribution in [0, 0.1) is 0 Å². The van der Waals surface area contributed by atoms with Crippen LogP contribution in [0.2, 0.25) is 0 Å². The summed E-state index contributed by atoms with van der Waals surface area (Å²) in [5.74, 6) is 1.45. The van der Waals surface area contributed by atoms with Gasteiger partial charge >= 0.3 is 0 Å². The summed E-state index contributed by atoms with van der Waals surface area (Å²) in [6.07, 6.45) is -0.318. The Balaban J connectivity index is 0.933. The minimum Gasteiger partial charge on any atom is -0.456 e. The Hall–Kier alpha value is -7.24. The maximum atomic E-state index is 6.22. The molecule has 1 atom stereocenters. The molecule has 0 saturated heterocycles. The van der Waals surface area contributed by atoms with Gasteiger partial charge in [-0.1, -0.05) is 133 Å². The second-order valence-electron chi connectivity index (χ2n) is 13.9. The number of hydrogen-bond acceptors (Lipinski definition) is 4. The molecular formula is C49H32N4O. The zero-order valence-electron chi connectivity index (χ0n) is 29.1. The molecule has 0 saturated carbocycles. The van der Waals surface area contributed by atoms with Crippen LogP contribution in [0.15, 0.2) is 196 Å². The van der Waals surface area contributed by atoms with Crippen LogP contribution in [-0.4, -0.2) is 16.2 Å². The minimum atomic E-state index is -0.318. The number of benzene rings is 8. The maximum absolute atomic E-state index is 6.22. The van der Waals surface area contributed by atoms with Gasteiger partial charge in [-0.05, 0) is 76.0 Å². The molecule has 254 valence electrons. The van der Waals surface area contributed by atoms with Crippen molar-refractivity contribution < 1.29 is 4.42 Å². The van der Waals surface area contributed by atoms with Gasteiger partial charge in [0.15, 0.2) is 5.84 Å². The number of amidine groups is 2. The molecule has 0 aliphatic carbocycles. The molecule has 3 heterocycles. The molecule has 54 heavy (non-hydrogen) atoms. The van der Waals surface area contributed by atoms with Crippen molar-refractivity contribution in [2.45, 2.75) is 6.17 Å². The van der Waals surface area contributed by atoms with Gasteiger partial charge in [-0.15, -0.1) is 0 Å². The number of nitrogens with zero attached hydrogens (tertiary/aromatic N) is 3. The Kier molecular flexibility index (Phi) is 6.85. The molecular weight excluding hydrogens is 661 g/mol. The first-order valence-electron chi connectivity index (χ1n) is 18.3.